The minimum absolute atomic E-state index is 0.0147. The van der Waals surface area contributed by atoms with Gasteiger partial charge >= 0.3 is 18.0 Å². The first-order chi connectivity index (χ1) is 9.52. The van der Waals surface area contributed by atoms with Crippen LogP contribution in [0.1, 0.15) is 25.7 Å². The van der Waals surface area contributed by atoms with Crippen LogP contribution >= 0.6 is 0 Å². The Morgan fingerprint density at radius 3 is 2.75 bits per heavy atom. The maximum Gasteiger partial charge on any atom is 0.326 e. The van der Waals surface area contributed by atoms with E-state index in [0.29, 0.717) is 13.2 Å². The number of amides is 2. The van der Waals surface area contributed by atoms with Crippen molar-refractivity contribution >= 4 is 18.0 Å². The third kappa shape index (κ3) is 5.87. The first-order valence-electron chi connectivity index (χ1n) is 6.48. The Balaban J connectivity index is 2.30. The van der Waals surface area contributed by atoms with Crippen LogP contribution < -0.4 is 10.6 Å². The predicted octanol–water partition coefficient (Wildman–Crippen LogP) is -0.129. The van der Waals surface area contributed by atoms with Gasteiger partial charge in [0.1, 0.15) is 6.04 Å². The third-order valence-corrected chi connectivity index (χ3v) is 2.98. The fourth-order valence-electron chi connectivity index (χ4n) is 1.84. The van der Waals surface area contributed by atoms with E-state index in [2.05, 4.69) is 15.4 Å². The van der Waals surface area contributed by atoms with Crippen LogP contribution in [0.3, 0.4) is 0 Å². The Hall–Kier alpha value is -1.83. The molecule has 0 aliphatic carbocycles. The van der Waals surface area contributed by atoms with Crippen LogP contribution in [0, 0.1) is 0 Å². The predicted molar refractivity (Wildman–Crippen MR) is 68.2 cm³/mol. The second kappa shape index (κ2) is 8.36. The van der Waals surface area contributed by atoms with E-state index in [9.17, 15) is 14.4 Å². The number of nitrogens with one attached hydrogen (secondary N) is 2. The molecule has 1 aliphatic rings. The van der Waals surface area contributed by atoms with Crippen molar-refractivity contribution in [1.29, 1.82) is 0 Å². The Morgan fingerprint density at radius 2 is 2.20 bits per heavy atom. The van der Waals surface area contributed by atoms with Crippen molar-refractivity contribution in [3.63, 3.8) is 0 Å². The molecule has 0 aromatic carbocycles. The highest BCUT2D eigenvalue weighted by molar-refractivity contribution is 5.83. The van der Waals surface area contributed by atoms with Crippen LogP contribution in [-0.4, -0.2) is 55.5 Å². The maximum absolute atomic E-state index is 11.6. The molecule has 1 saturated heterocycles. The number of hydrogen-bond acceptors (Lipinski definition) is 5. The van der Waals surface area contributed by atoms with Crippen LogP contribution in [0.5, 0.6) is 0 Å². The molecule has 1 rings (SSSR count). The summed E-state index contributed by atoms with van der Waals surface area (Å²) in [6.45, 7) is 1.03. The molecule has 0 bridgehead atoms. The van der Waals surface area contributed by atoms with Gasteiger partial charge in [-0.1, -0.05) is 0 Å². The van der Waals surface area contributed by atoms with Gasteiger partial charge in [0.25, 0.3) is 0 Å². The Labute approximate surface area is 116 Å². The van der Waals surface area contributed by atoms with Crippen molar-refractivity contribution in [2.75, 3.05) is 20.3 Å². The molecule has 1 aliphatic heterocycles. The van der Waals surface area contributed by atoms with E-state index < -0.39 is 24.0 Å². The lowest BCUT2D eigenvalue weighted by molar-refractivity contribution is -0.142. The fourth-order valence-corrected chi connectivity index (χ4v) is 1.84. The first-order valence-corrected chi connectivity index (χ1v) is 6.48. The third-order valence-electron chi connectivity index (χ3n) is 2.98. The van der Waals surface area contributed by atoms with Crippen LogP contribution in [-0.2, 0) is 19.1 Å². The maximum atomic E-state index is 11.6. The zero-order chi connectivity index (χ0) is 15.0. The van der Waals surface area contributed by atoms with E-state index in [1.807, 2.05) is 0 Å². The van der Waals surface area contributed by atoms with Gasteiger partial charge in [0, 0.05) is 19.6 Å². The number of carboxylic acid groups (broad SMARTS) is 1. The minimum Gasteiger partial charge on any atom is -0.480 e. The summed E-state index contributed by atoms with van der Waals surface area (Å²) in [5.41, 5.74) is 0. The van der Waals surface area contributed by atoms with Gasteiger partial charge in [-0.2, -0.15) is 0 Å². The van der Waals surface area contributed by atoms with Crippen molar-refractivity contribution in [2.45, 2.75) is 37.8 Å². The van der Waals surface area contributed by atoms with E-state index in [0.717, 1.165) is 12.8 Å². The van der Waals surface area contributed by atoms with E-state index in [1.54, 1.807) is 0 Å². The van der Waals surface area contributed by atoms with Crippen LogP contribution in [0.15, 0.2) is 0 Å². The summed E-state index contributed by atoms with van der Waals surface area (Å²) < 4.78 is 9.75. The topological polar surface area (TPSA) is 114 Å². The van der Waals surface area contributed by atoms with E-state index >= 15 is 0 Å². The van der Waals surface area contributed by atoms with Crippen molar-refractivity contribution in [3.8, 4) is 0 Å². The van der Waals surface area contributed by atoms with E-state index in [4.69, 9.17) is 9.84 Å². The largest absolute Gasteiger partial charge is 0.480 e. The minimum atomic E-state index is -1.19. The molecule has 2 amide bonds. The van der Waals surface area contributed by atoms with Crippen LogP contribution in [0.2, 0.25) is 0 Å². The van der Waals surface area contributed by atoms with Gasteiger partial charge in [-0.3, -0.25) is 4.79 Å². The first kappa shape index (κ1) is 16.2. The van der Waals surface area contributed by atoms with Gasteiger partial charge in [0.15, 0.2) is 0 Å². The monoisotopic (exact) mass is 288 g/mol. The smallest absolute Gasteiger partial charge is 0.326 e. The summed E-state index contributed by atoms with van der Waals surface area (Å²) in [5.74, 6) is -1.71. The molecule has 0 saturated carbocycles. The number of methoxy groups -OCH3 is 1. The molecule has 0 radical (unpaired) electrons. The van der Waals surface area contributed by atoms with E-state index in [1.165, 1.54) is 7.11 Å². The Kier molecular flexibility index (Phi) is 6.78. The lowest BCUT2D eigenvalue weighted by atomic mass is 10.1. The second-order valence-electron chi connectivity index (χ2n) is 4.50. The van der Waals surface area contributed by atoms with Gasteiger partial charge in [-0.25, -0.2) is 9.59 Å². The van der Waals surface area contributed by atoms with Gasteiger partial charge in [-0.15, -0.1) is 0 Å². The zero-order valence-corrected chi connectivity index (χ0v) is 11.4. The lowest BCUT2D eigenvalue weighted by Gasteiger charge is -2.16. The number of carbonyl (C=O) groups excluding carboxylic acids is 2. The number of hydrogen-bond donors (Lipinski definition) is 3. The molecule has 0 spiro atoms. The molecule has 1 heterocycles. The summed E-state index contributed by atoms with van der Waals surface area (Å²) in [6.07, 6.45) is 1.74. The average molecular weight is 288 g/mol. The molecule has 20 heavy (non-hydrogen) atoms. The molecule has 2 atom stereocenters. The molecule has 3 N–H and O–H groups in total. The van der Waals surface area contributed by atoms with Gasteiger partial charge < -0.3 is 25.2 Å². The van der Waals surface area contributed by atoms with Gasteiger partial charge in [0.05, 0.1) is 13.2 Å². The highest BCUT2D eigenvalue weighted by Gasteiger charge is 2.22. The van der Waals surface area contributed by atoms with Crippen molar-refractivity contribution in [1.82, 2.24) is 10.6 Å². The molecule has 1 unspecified atom stereocenters. The summed E-state index contributed by atoms with van der Waals surface area (Å²) in [4.78, 5) is 33.5. The normalized spacial score (nSPS) is 19.1. The summed E-state index contributed by atoms with van der Waals surface area (Å²) in [7, 11) is 1.22. The molecule has 8 heteroatoms. The number of rotatable bonds is 7. The fraction of sp³-hybridized carbons (Fsp3) is 0.750. The standard InChI is InChI=1S/C12H20N2O6/c1-19-10(15)5-4-9(11(16)17)14-12(18)13-7-8-3-2-6-20-8/h8-9H,2-7H2,1H3,(H,16,17)(H2,13,14,18)/t8?,9-/m1/s1. The quantitative estimate of drug-likeness (QED) is 0.562. The molecular weight excluding hydrogens is 268 g/mol. The van der Waals surface area contributed by atoms with Crippen molar-refractivity contribution < 1.29 is 29.0 Å². The van der Waals surface area contributed by atoms with Crippen molar-refractivity contribution in [2.24, 2.45) is 0 Å². The Morgan fingerprint density at radius 1 is 1.45 bits per heavy atom. The second-order valence-corrected chi connectivity index (χ2v) is 4.50. The number of aliphatic carboxylic acids is 1. The number of urea groups is 1. The van der Waals surface area contributed by atoms with Crippen LogP contribution in [0.25, 0.3) is 0 Å². The molecule has 0 aromatic heterocycles. The SMILES string of the molecule is COC(=O)CC[C@@H](NC(=O)NCC1CCCO1)C(=O)O. The molecule has 1 fully saturated rings. The molecule has 8 nitrogen and oxygen atoms in total. The molecule has 114 valence electrons. The molecular formula is C12H20N2O6. The molecule has 0 aromatic rings. The summed E-state index contributed by atoms with van der Waals surface area (Å²) in [6, 6.07) is -1.71. The average Bonchev–Trinajstić information content (AvgIpc) is 2.93. The number of esters is 1. The zero-order valence-electron chi connectivity index (χ0n) is 11.4. The van der Waals surface area contributed by atoms with Crippen molar-refractivity contribution in [3.05, 3.63) is 0 Å². The number of ether oxygens (including phenoxy) is 2. The lowest BCUT2D eigenvalue weighted by Crippen LogP contribution is -2.47. The highest BCUT2D eigenvalue weighted by Crippen LogP contribution is 2.10. The summed E-state index contributed by atoms with van der Waals surface area (Å²) >= 11 is 0. The van der Waals surface area contributed by atoms with Gasteiger partial charge in [-0.05, 0) is 19.3 Å². The number of carbonyl (C=O) groups is 3. The van der Waals surface area contributed by atoms with Gasteiger partial charge in [0.2, 0.25) is 0 Å². The number of carboxylic acids is 1. The summed E-state index contributed by atoms with van der Waals surface area (Å²) in [5, 5.41) is 13.8. The highest BCUT2D eigenvalue weighted by atomic mass is 16.5. The Bertz CT molecular complexity index is 354. The van der Waals surface area contributed by atoms with E-state index in [-0.39, 0.29) is 18.9 Å². The van der Waals surface area contributed by atoms with Crippen LogP contribution in [0.4, 0.5) is 4.79 Å².